The Bertz CT molecular complexity index is 795. The first-order chi connectivity index (χ1) is 12.5. The number of nitrogens with zero attached hydrogens (tertiary/aromatic N) is 1. The van der Waals surface area contributed by atoms with E-state index in [9.17, 15) is 15.0 Å². The van der Waals surface area contributed by atoms with Crippen molar-refractivity contribution in [3.05, 3.63) is 58.6 Å². The molecule has 2 atom stereocenters. The summed E-state index contributed by atoms with van der Waals surface area (Å²) in [4.78, 5) is 12.5. The first-order valence-corrected chi connectivity index (χ1v) is 9.04. The molecular formula is C20H22ClNO4. The van der Waals surface area contributed by atoms with Gasteiger partial charge in [0.2, 0.25) is 0 Å². The average Bonchev–Trinajstić information content (AvgIpc) is 2.67. The first kappa shape index (κ1) is 18.7. The van der Waals surface area contributed by atoms with Crippen molar-refractivity contribution in [2.45, 2.75) is 25.6 Å². The molecule has 5 nitrogen and oxygen atoms in total. The van der Waals surface area contributed by atoms with Gasteiger partial charge in [-0.1, -0.05) is 54.9 Å². The first-order valence-electron chi connectivity index (χ1n) is 8.66. The van der Waals surface area contributed by atoms with Crippen molar-refractivity contribution < 1.29 is 19.7 Å². The van der Waals surface area contributed by atoms with Crippen molar-refractivity contribution in [1.29, 1.82) is 0 Å². The van der Waals surface area contributed by atoms with Gasteiger partial charge < -0.3 is 19.8 Å². The highest BCUT2D eigenvalue weighted by Crippen LogP contribution is 2.37. The van der Waals surface area contributed by atoms with Gasteiger partial charge in [0.15, 0.2) is 0 Å². The number of morpholine rings is 1. The summed E-state index contributed by atoms with van der Waals surface area (Å²) in [6.45, 7) is 2.77. The van der Waals surface area contributed by atoms with E-state index in [1.54, 1.807) is 12.1 Å². The smallest absolute Gasteiger partial charge is 0.407 e. The molecule has 2 aromatic rings. The molecule has 1 heterocycles. The van der Waals surface area contributed by atoms with Crippen LogP contribution in [0.25, 0.3) is 11.1 Å². The highest BCUT2D eigenvalue weighted by Gasteiger charge is 2.31. The van der Waals surface area contributed by atoms with Gasteiger partial charge in [-0.05, 0) is 29.2 Å². The number of rotatable bonds is 4. The molecule has 26 heavy (non-hydrogen) atoms. The standard InChI is InChI=1S/C20H22ClNO4/c1-2-13-5-3-6-14(11-13)18-15(7-4-8-16(18)21)19(23)17-12-22(20(24)25)9-10-26-17/h3-8,11,17,19,23H,2,9-10,12H2,1H3,(H,24,25)/t17-,19+/m1/s1. The van der Waals surface area contributed by atoms with Gasteiger partial charge in [0.05, 0.1) is 13.2 Å². The number of hydrogen-bond acceptors (Lipinski definition) is 3. The maximum Gasteiger partial charge on any atom is 0.407 e. The van der Waals surface area contributed by atoms with Crippen LogP contribution in [0.15, 0.2) is 42.5 Å². The number of aryl methyl sites for hydroxylation is 1. The average molecular weight is 376 g/mol. The summed E-state index contributed by atoms with van der Waals surface area (Å²) < 4.78 is 5.65. The Balaban J connectivity index is 1.97. The fraction of sp³-hybridized carbons (Fsp3) is 0.350. The molecule has 0 saturated carbocycles. The molecule has 0 bridgehead atoms. The predicted molar refractivity (Wildman–Crippen MR) is 101 cm³/mol. The minimum absolute atomic E-state index is 0.122. The zero-order valence-corrected chi connectivity index (χ0v) is 15.3. The fourth-order valence-corrected chi connectivity index (χ4v) is 3.57. The zero-order valence-electron chi connectivity index (χ0n) is 14.6. The van der Waals surface area contributed by atoms with Crippen LogP contribution >= 0.6 is 11.6 Å². The van der Waals surface area contributed by atoms with Gasteiger partial charge in [-0.15, -0.1) is 0 Å². The number of hydrogen-bond donors (Lipinski definition) is 2. The van der Waals surface area contributed by atoms with E-state index in [0.29, 0.717) is 17.1 Å². The Morgan fingerprint density at radius 3 is 2.85 bits per heavy atom. The number of aliphatic hydroxyl groups is 1. The third-order valence-corrected chi connectivity index (χ3v) is 5.02. The molecule has 0 spiro atoms. The number of amides is 1. The fourth-order valence-electron chi connectivity index (χ4n) is 3.28. The van der Waals surface area contributed by atoms with E-state index >= 15 is 0 Å². The maximum atomic E-state index is 11.2. The van der Waals surface area contributed by atoms with Crippen LogP contribution in [0.3, 0.4) is 0 Å². The van der Waals surface area contributed by atoms with Crippen LogP contribution < -0.4 is 0 Å². The summed E-state index contributed by atoms with van der Waals surface area (Å²) in [5, 5.41) is 20.7. The number of halogens is 1. The van der Waals surface area contributed by atoms with Crippen LogP contribution in [-0.2, 0) is 11.2 Å². The maximum absolute atomic E-state index is 11.2. The van der Waals surface area contributed by atoms with Gasteiger partial charge in [-0.25, -0.2) is 4.79 Å². The Kier molecular flexibility index (Phi) is 5.81. The Hall–Kier alpha value is -2.08. The van der Waals surface area contributed by atoms with Crippen molar-refractivity contribution in [3.8, 4) is 11.1 Å². The lowest BCUT2D eigenvalue weighted by Crippen LogP contribution is -2.47. The summed E-state index contributed by atoms with van der Waals surface area (Å²) in [6, 6.07) is 13.4. The lowest BCUT2D eigenvalue weighted by atomic mass is 9.92. The van der Waals surface area contributed by atoms with E-state index in [0.717, 1.165) is 17.5 Å². The van der Waals surface area contributed by atoms with Crippen LogP contribution in [0.4, 0.5) is 4.79 Å². The molecule has 3 rings (SSSR count). The summed E-state index contributed by atoms with van der Waals surface area (Å²) >= 11 is 6.47. The molecule has 2 N–H and O–H groups in total. The number of benzene rings is 2. The van der Waals surface area contributed by atoms with Crippen LogP contribution in [0.5, 0.6) is 0 Å². The Morgan fingerprint density at radius 1 is 1.35 bits per heavy atom. The SMILES string of the molecule is CCc1cccc(-c2c(Cl)cccc2[C@H](O)[C@H]2CN(C(=O)O)CCO2)c1. The number of aliphatic hydroxyl groups excluding tert-OH is 1. The molecule has 1 saturated heterocycles. The molecule has 0 radical (unpaired) electrons. The van der Waals surface area contributed by atoms with Crippen molar-refractivity contribution >= 4 is 17.7 Å². The van der Waals surface area contributed by atoms with Gasteiger partial charge in [0.25, 0.3) is 0 Å². The number of ether oxygens (including phenoxy) is 1. The molecule has 138 valence electrons. The Morgan fingerprint density at radius 2 is 2.12 bits per heavy atom. The van der Waals surface area contributed by atoms with E-state index in [-0.39, 0.29) is 13.2 Å². The number of carboxylic acid groups (broad SMARTS) is 1. The molecule has 6 heteroatoms. The van der Waals surface area contributed by atoms with Crippen LogP contribution in [0, 0.1) is 0 Å². The van der Waals surface area contributed by atoms with E-state index < -0.39 is 18.3 Å². The summed E-state index contributed by atoms with van der Waals surface area (Å²) in [5.74, 6) is 0. The van der Waals surface area contributed by atoms with Gasteiger partial charge in [-0.2, -0.15) is 0 Å². The van der Waals surface area contributed by atoms with Crippen molar-refractivity contribution in [3.63, 3.8) is 0 Å². The minimum atomic E-state index is -1.01. The van der Waals surface area contributed by atoms with E-state index in [4.69, 9.17) is 16.3 Å². The van der Waals surface area contributed by atoms with Gasteiger partial charge in [-0.3, -0.25) is 0 Å². The molecule has 0 aromatic heterocycles. The molecule has 1 amide bonds. The van der Waals surface area contributed by atoms with Gasteiger partial charge in [0, 0.05) is 17.1 Å². The van der Waals surface area contributed by atoms with Crippen molar-refractivity contribution in [1.82, 2.24) is 4.90 Å². The van der Waals surface area contributed by atoms with Crippen LogP contribution in [-0.4, -0.2) is 47.0 Å². The number of carbonyl (C=O) groups is 1. The van der Waals surface area contributed by atoms with Crippen LogP contribution in [0.1, 0.15) is 24.2 Å². The van der Waals surface area contributed by atoms with E-state index in [1.807, 2.05) is 24.3 Å². The summed E-state index contributed by atoms with van der Waals surface area (Å²) in [5.41, 5.74) is 3.50. The molecule has 0 aliphatic carbocycles. The third kappa shape index (κ3) is 3.85. The second-order valence-electron chi connectivity index (χ2n) is 6.34. The van der Waals surface area contributed by atoms with Crippen molar-refractivity contribution in [2.24, 2.45) is 0 Å². The molecular weight excluding hydrogens is 354 g/mol. The van der Waals surface area contributed by atoms with Gasteiger partial charge in [0.1, 0.15) is 12.2 Å². The lowest BCUT2D eigenvalue weighted by molar-refractivity contribution is -0.0834. The monoisotopic (exact) mass is 375 g/mol. The summed E-state index contributed by atoms with van der Waals surface area (Å²) in [7, 11) is 0. The quantitative estimate of drug-likeness (QED) is 0.847. The third-order valence-electron chi connectivity index (χ3n) is 4.70. The van der Waals surface area contributed by atoms with E-state index in [1.165, 1.54) is 10.5 Å². The molecule has 0 unspecified atom stereocenters. The molecule has 1 aliphatic rings. The molecule has 2 aromatic carbocycles. The van der Waals surface area contributed by atoms with E-state index in [2.05, 4.69) is 13.0 Å². The topological polar surface area (TPSA) is 70.0 Å². The summed E-state index contributed by atoms with van der Waals surface area (Å²) in [6.07, 6.45) is -1.72. The Labute approximate surface area is 157 Å². The highest BCUT2D eigenvalue weighted by atomic mass is 35.5. The molecule has 1 fully saturated rings. The van der Waals surface area contributed by atoms with Crippen LogP contribution in [0.2, 0.25) is 5.02 Å². The second kappa shape index (κ2) is 8.08. The largest absolute Gasteiger partial charge is 0.465 e. The minimum Gasteiger partial charge on any atom is -0.465 e. The normalized spacial score (nSPS) is 18.6. The predicted octanol–water partition coefficient (Wildman–Crippen LogP) is 3.98. The second-order valence-corrected chi connectivity index (χ2v) is 6.75. The highest BCUT2D eigenvalue weighted by molar-refractivity contribution is 6.33. The van der Waals surface area contributed by atoms with Crippen molar-refractivity contribution in [2.75, 3.05) is 19.7 Å². The lowest BCUT2D eigenvalue weighted by Gasteiger charge is -2.34. The molecule has 1 aliphatic heterocycles. The van der Waals surface area contributed by atoms with Gasteiger partial charge >= 0.3 is 6.09 Å². The zero-order chi connectivity index (χ0) is 18.7.